The van der Waals surface area contributed by atoms with Gasteiger partial charge in [-0.15, -0.1) is 22.0 Å². The van der Waals surface area contributed by atoms with Crippen LogP contribution in [0.4, 0.5) is 0 Å². The minimum atomic E-state index is -0.703. The van der Waals surface area contributed by atoms with Crippen molar-refractivity contribution in [3.05, 3.63) is 114 Å². The lowest BCUT2D eigenvalue weighted by atomic mass is 9.76. The van der Waals surface area contributed by atoms with Crippen LogP contribution in [0.15, 0.2) is 91.0 Å². The molecule has 1 amide bonds. The molecule has 2 aliphatic rings. The summed E-state index contributed by atoms with van der Waals surface area (Å²) in [5.74, 6) is 0.604. The molecule has 0 unspecified atom stereocenters. The van der Waals surface area contributed by atoms with Gasteiger partial charge in [0.2, 0.25) is 5.91 Å². The van der Waals surface area contributed by atoms with Crippen molar-refractivity contribution < 1.29 is 4.79 Å². The van der Waals surface area contributed by atoms with Crippen molar-refractivity contribution in [2.24, 2.45) is 0 Å². The van der Waals surface area contributed by atoms with E-state index < -0.39 is 5.54 Å². The zero-order valence-electron chi connectivity index (χ0n) is 19.5. The molecule has 8 heteroatoms. The molecular formula is C27H26N6OS. The predicted molar refractivity (Wildman–Crippen MR) is 135 cm³/mol. The second kappa shape index (κ2) is 8.32. The number of benzene rings is 3. The van der Waals surface area contributed by atoms with Crippen molar-refractivity contribution >= 4 is 17.7 Å². The lowest BCUT2D eigenvalue weighted by molar-refractivity contribution is -0.150. The molecule has 2 fully saturated rings. The molecule has 3 heterocycles. The third-order valence-electron chi connectivity index (χ3n) is 7.04. The standard InChI is InChI=1S/C27H26N6OS/c1-26(2)22(23-29-31-32-30-23)33-24(34)21(25(33)35-26)28-27(18-12-6-3-7-13-18,19-14-8-4-9-15-19)20-16-10-5-11-17-20/h3-17,21-22,25,28H,1-2H3,(H,29,30,31,32)/t21-,22+,25-/m1/s1. The van der Waals surface area contributed by atoms with E-state index in [0.717, 1.165) is 16.7 Å². The Morgan fingerprint density at radius 1 is 0.886 bits per heavy atom. The molecule has 2 aliphatic heterocycles. The van der Waals surface area contributed by atoms with Gasteiger partial charge in [-0.25, -0.2) is 0 Å². The number of aromatic nitrogens is 4. The molecule has 2 N–H and O–H groups in total. The normalized spacial score (nSPS) is 23.1. The van der Waals surface area contributed by atoms with Gasteiger partial charge in [0.05, 0.1) is 5.54 Å². The number of rotatable bonds is 6. The van der Waals surface area contributed by atoms with Crippen LogP contribution in [0.3, 0.4) is 0 Å². The van der Waals surface area contributed by atoms with Crippen LogP contribution in [0.25, 0.3) is 0 Å². The molecule has 35 heavy (non-hydrogen) atoms. The quantitative estimate of drug-likeness (QED) is 0.320. The van der Waals surface area contributed by atoms with E-state index in [-0.39, 0.29) is 28.1 Å². The second-order valence-corrected chi connectivity index (χ2v) is 11.3. The van der Waals surface area contributed by atoms with Gasteiger partial charge in [0.25, 0.3) is 0 Å². The Morgan fingerprint density at radius 3 is 1.86 bits per heavy atom. The molecule has 3 aromatic carbocycles. The summed E-state index contributed by atoms with van der Waals surface area (Å²) in [5, 5.41) is 18.5. The number of tetrazole rings is 1. The Morgan fingerprint density at radius 2 is 1.40 bits per heavy atom. The average molecular weight is 483 g/mol. The first kappa shape index (κ1) is 22.0. The highest BCUT2D eigenvalue weighted by Crippen LogP contribution is 2.57. The fourth-order valence-corrected chi connectivity index (χ4v) is 7.13. The summed E-state index contributed by atoms with van der Waals surface area (Å²) in [7, 11) is 0. The second-order valence-electron chi connectivity index (χ2n) is 9.50. The first-order chi connectivity index (χ1) is 17.0. The Kier molecular flexibility index (Phi) is 5.23. The number of amides is 1. The lowest BCUT2D eigenvalue weighted by Crippen LogP contribution is -2.70. The van der Waals surface area contributed by atoms with Gasteiger partial charge in [-0.3, -0.25) is 10.1 Å². The summed E-state index contributed by atoms with van der Waals surface area (Å²) in [5.41, 5.74) is 2.55. The lowest BCUT2D eigenvalue weighted by Gasteiger charge is -2.49. The van der Waals surface area contributed by atoms with E-state index in [4.69, 9.17) is 0 Å². The monoisotopic (exact) mass is 482 g/mol. The van der Waals surface area contributed by atoms with Gasteiger partial charge in [0.1, 0.15) is 17.5 Å². The molecule has 0 radical (unpaired) electrons. The van der Waals surface area contributed by atoms with Crippen molar-refractivity contribution in [1.82, 2.24) is 30.8 Å². The van der Waals surface area contributed by atoms with Crippen molar-refractivity contribution in [2.75, 3.05) is 0 Å². The molecular weight excluding hydrogens is 456 g/mol. The zero-order valence-corrected chi connectivity index (χ0v) is 20.3. The first-order valence-electron chi connectivity index (χ1n) is 11.7. The van der Waals surface area contributed by atoms with Gasteiger partial charge < -0.3 is 4.90 Å². The average Bonchev–Trinajstić information content (AvgIpc) is 3.50. The molecule has 0 saturated carbocycles. The molecule has 1 aromatic heterocycles. The van der Waals surface area contributed by atoms with Crippen LogP contribution in [-0.2, 0) is 10.3 Å². The molecule has 176 valence electrons. The summed E-state index contributed by atoms with van der Waals surface area (Å²) in [6.45, 7) is 4.28. The molecule has 3 atom stereocenters. The van der Waals surface area contributed by atoms with E-state index in [1.54, 1.807) is 11.8 Å². The van der Waals surface area contributed by atoms with Crippen LogP contribution in [-0.4, -0.2) is 47.6 Å². The number of hydrogen-bond donors (Lipinski definition) is 2. The van der Waals surface area contributed by atoms with Crippen LogP contribution in [0.1, 0.15) is 42.4 Å². The maximum absolute atomic E-state index is 13.8. The SMILES string of the molecule is CC1(C)S[C@@H]2[C@H](NC(c3ccccc3)(c3ccccc3)c3ccccc3)C(=O)N2[C@H]1c1nn[nH]n1. The zero-order chi connectivity index (χ0) is 24.0. The third kappa shape index (κ3) is 3.39. The van der Waals surface area contributed by atoms with Gasteiger partial charge in [-0.1, -0.05) is 96.2 Å². The van der Waals surface area contributed by atoms with Crippen LogP contribution in [0.5, 0.6) is 0 Å². The Balaban J connectivity index is 1.46. The number of fused-ring (bicyclic) bond motifs is 1. The van der Waals surface area contributed by atoms with E-state index in [1.165, 1.54) is 0 Å². The van der Waals surface area contributed by atoms with Crippen molar-refractivity contribution in [3.8, 4) is 0 Å². The first-order valence-corrected chi connectivity index (χ1v) is 12.6. The fraction of sp³-hybridized carbons (Fsp3) is 0.259. The number of carbonyl (C=O) groups excluding carboxylic acids is 1. The number of H-pyrrole nitrogens is 1. The summed E-state index contributed by atoms with van der Waals surface area (Å²) in [4.78, 5) is 15.7. The summed E-state index contributed by atoms with van der Waals surface area (Å²) in [6, 6.07) is 30.5. The van der Waals surface area contributed by atoms with Crippen LogP contribution >= 0.6 is 11.8 Å². The van der Waals surface area contributed by atoms with Crippen molar-refractivity contribution in [2.45, 2.75) is 41.6 Å². The van der Waals surface area contributed by atoms with Gasteiger partial charge in [-0.2, -0.15) is 5.21 Å². The molecule has 2 saturated heterocycles. The molecule has 4 aromatic rings. The Hall–Kier alpha value is -3.49. The highest BCUT2D eigenvalue weighted by molar-refractivity contribution is 8.01. The van der Waals surface area contributed by atoms with E-state index in [2.05, 4.69) is 76.2 Å². The van der Waals surface area contributed by atoms with Crippen LogP contribution in [0.2, 0.25) is 0 Å². The Labute approximate surface area is 208 Å². The van der Waals surface area contributed by atoms with Crippen LogP contribution < -0.4 is 5.32 Å². The van der Waals surface area contributed by atoms with Gasteiger partial charge in [0.15, 0.2) is 5.82 Å². The number of thioether (sulfide) groups is 1. The maximum atomic E-state index is 13.8. The van der Waals surface area contributed by atoms with Crippen LogP contribution in [0, 0.1) is 0 Å². The molecule has 6 rings (SSSR count). The van der Waals surface area contributed by atoms with Gasteiger partial charge in [-0.05, 0) is 30.5 Å². The number of nitrogens with zero attached hydrogens (tertiary/aromatic N) is 4. The van der Waals surface area contributed by atoms with Gasteiger partial charge >= 0.3 is 0 Å². The number of hydrogen-bond acceptors (Lipinski definition) is 6. The number of aromatic amines is 1. The van der Waals surface area contributed by atoms with E-state index in [1.807, 2.05) is 59.5 Å². The number of nitrogens with one attached hydrogen (secondary N) is 2. The molecule has 0 spiro atoms. The number of carbonyl (C=O) groups is 1. The summed E-state index contributed by atoms with van der Waals surface area (Å²) in [6.07, 6.45) is 0. The topological polar surface area (TPSA) is 86.8 Å². The maximum Gasteiger partial charge on any atom is 0.244 e. The predicted octanol–water partition coefficient (Wildman–Crippen LogP) is 3.88. The van der Waals surface area contributed by atoms with Crippen molar-refractivity contribution in [1.29, 1.82) is 0 Å². The Bertz CT molecular complexity index is 1220. The largest absolute Gasteiger partial charge is 0.315 e. The van der Waals surface area contributed by atoms with E-state index in [9.17, 15) is 4.79 Å². The highest BCUT2D eigenvalue weighted by Gasteiger charge is 2.64. The summed E-state index contributed by atoms with van der Waals surface area (Å²) >= 11 is 1.78. The molecule has 0 bridgehead atoms. The smallest absolute Gasteiger partial charge is 0.244 e. The molecule has 7 nitrogen and oxygen atoms in total. The van der Waals surface area contributed by atoms with Crippen molar-refractivity contribution in [3.63, 3.8) is 0 Å². The number of β-lactam (4-membered cyclic amide) rings is 1. The minimum Gasteiger partial charge on any atom is -0.315 e. The summed E-state index contributed by atoms with van der Waals surface area (Å²) < 4.78 is -0.254. The van der Waals surface area contributed by atoms with Gasteiger partial charge in [0, 0.05) is 4.75 Å². The van der Waals surface area contributed by atoms with E-state index in [0.29, 0.717) is 5.82 Å². The fourth-order valence-electron chi connectivity index (χ4n) is 5.50. The highest BCUT2D eigenvalue weighted by atomic mass is 32.2. The third-order valence-corrected chi connectivity index (χ3v) is 8.61. The minimum absolute atomic E-state index is 0.0449. The van der Waals surface area contributed by atoms with E-state index >= 15 is 0 Å². The molecule has 0 aliphatic carbocycles.